The molecule has 2 aromatic rings. The lowest BCUT2D eigenvalue weighted by Crippen LogP contribution is -2.10. The van der Waals surface area contributed by atoms with E-state index in [1.807, 2.05) is 0 Å². The molecule has 3 nitrogen and oxygen atoms in total. The van der Waals surface area contributed by atoms with Crippen LogP contribution >= 0.6 is 22.7 Å². The van der Waals surface area contributed by atoms with E-state index in [1.165, 1.54) is 33.9 Å². The Morgan fingerprint density at radius 2 is 2.19 bits per heavy atom. The molecule has 1 unspecified atom stereocenters. The third kappa shape index (κ3) is 2.53. The van der Waals surface area contributed by atoms with Gasteiger partial charge in [-0.15, -0.1) is 22.7 Å². The summed E-state index contributed by atoms with van der Waals surface area (Å²) in [6.07, 6.45) is 6.87. The number of aromatic nitrogens is 1. The van der Waals surface area contributed by atoms with Crippen molar-refractivity contribution in [2.24, 2.45) is 5.92 Å². The zero-order valence-corrected chi connectivity index (χ0v) is 13.7. The van der Waals surface area contributed by atoms with Crippen LogP contribution in [0.25, 0.3) is 0 Å². The van der Waals surface area contributed by atoms with Gasteiger partial charge >= 0.3 is 0 Å². The lowest BCUT2D eigenvalue weighted by molar-refractivity contribution is 0.103. The number of anilines is 1. The molecule has 0 radical (unpaired) electrons. The molecule has 0 aliphatic heterocycles. The van der Waals surface area contributed by atoms with E-state index in [1.54, 1.807) is 22.7 Å². The quantitative estimate of drug-likeness (QED) is 0.907. The number of amides is 1. The van der Waals surface area contributed by atoms with Gasteiger partial charge in [0.05, 0.1) is 10.6 Å². The van der Waals surface area contributed by atoms with Crippen LogP contribution in [0.5, 0.6) is 0 Å². The highest BCUT2D eigenvalue weighted by Gasteiger charge is 2.22. The van der Waals surface area contributed by atoms with Crippen molar-refractivity contribution in [2.75, 3.05) is 5.32 Å². The van der Waals surface area contributed by atoms with Crippen LogP contribution in [-0.2, 0) is 25.7 Å². The van der Waals surface area contributed by atoms with E-state index in [0.717, 1.165) is 41.6 Å². The van der Waals surface area contributed by atoms with Crippen LogP contribution in [0, 0.1) is 5.92 Å². The number of fused-ring (bicyclic) bond motifs is 2. The Hall–Kier alpha value is -1.20. The molecule has 0 bridgehead atoms. The predicted molar refractivity (Wildman–Crippen MR) is 87.6 cm³/mol. The molecule has 2 aromatic heterocycles. The molecule has 0 fully saturated rings. The fraction of sp³-hybridized carbons (Fsp3) is 0.500. The van der Waals surface area contributed by atoms with Gasteiger partial charge in [-0.3, -0.25) is 10.1 Å². The number of rotatable bonds is 2. The minimum absolute atomic E-state index is 0.00877. The van der Waals surface area contributed by atoms with Gasteiger partial charge in [-0.1, -0.05) is 6.92 Å². The fourth-order valence-corrected chi connectivity index (χ4v) is 5.37. The van der Waals surface area contributed by atoms with E-state index < -0.39 is 0 Å². The van der Waals surface area contributed by atoms with E-state index in [4.69, 9.17) is 0 Å². The largest absolute Gasteiger partial charge is 0.297 e. The van der Waals surface area contributed by atoms with Gasteiger partial charge in [0.25, 0.3) is 5.91 Å². The Bertz CT molecular complexity index is 680. The SMILES string of the molecule is CC1CCc2sc(C(=O)Nc3nc4c(s3)CCC4)cc2C1. The van der Waals surface area contributed by atoms with E-state index in [9.17, 15) is 4.79 Å². The summed E-state index contributed by atoms with van der Waals surface area (Å²) in [5.41, 5.74) is 2.57. The van der Waals surface area contributed by atoms with Crippen LogP contribution in [0.1, 0.15) is 50.4 Å². The molecular weight excluding hydrogens is 300 g/mol. The van der Waals surface area contributed by atoms with Gasteiger partial charge in [-0.25, -0.2) is 4.98 Å². The van der Waals surface area contributed by atoms with Crippen molar-refractivity contribution in [3.05, 3.63) is 32.0 Å². The lowest BCUT2D eigenvalue weighted by atomic mass is 9.90. The lowest BCUT2D eigenvalue weighted by Gasteiger charge is -2.16. The number of aryl methyl sites for hydroxylation is 3. The Kier molecular flexibility index (Phi) is 3.34. The van der Waals surface area contributed by atoms with Crippen molar-refractivity contribution in [1.29, 1.82) is 0 Å². The van der Waals surface area contributed by atoms with Crippen LogP contribution in [0.4, 0.5) is 5.13 Å². The molecule has 1 N–H and O–H groups in total. The first kappa shape index (κ1) is 13.5. The van der Waals surface area contributed by atoms with Gasteiger partial charge in [0.15, 0.2) is 5.13 Å². The molecule has 1 atom stereocenters. The van der Waals surface area contributed by atoms with Crippen molar-refractivity contribution in [1.82, 2.24) is 4.98 Å². The van der Waals surface area contributed by atoms with Crippen molar-refractivity contribution in [3.63, 3.8) is 0 Å². The highest BCUT2D eigenvalue weighted by Crippen LogP contribution is 2.34. The maximum Gasteiger partial charge on any atom is 0.267 e. The Morgan fingerprint density at radius 1 is 1.29 bits per heavy atom. The van der Waals surface area contributed by atoms with Crippen LogP contribution < -0.4 is 5.32 Å². The number of nitrogens with zero attached hydrogens (tertiary/aromatic N) is 1. The molecule has 1 amide bonds. The molecular formula is C16H18N2OS2. The average molecular weight is 318 g/mol. The monoisotopic (exact) mass is 318 g/mol. The maximum absolute atomic E-state index is 12.4. The Balaban J connectivity index is 1.52. The van der Waals surface area contributed by atoms with Gasteiger partial charge in [0.1, 0.15) is 0 Å². The first-order chi connectivity index (χ1) is 10.2. The highest BCUT2D eigenvalue weighted by molar-refractivity contribution is 7.16. The summed E-state index contributed by atoms with van der Waals surface area (Å²) in [6, 6.07) is 2.09. The van der Waals surface area contributed by atoms with Gasteiger partial charge in [0, 0.05) is 9.75 Å². The summed E-state index contributed by atoms with van der Waals surface area (Å²) in [4.78, 5) is 20.5. The molecule has 2 heterocycles. The normalized spacial score (nSPS) is 20.1. The smallest absolute Gasteiger partial charge is 0.267 e. The third-order valence-electron chi connectivity index (χ3n) is 4.37. The number of hydrogen-bond acceptors (Lipinski definition) is 4. The van der Waals surface area contributed by atoms with Crippen molar-refractivity contribution >= 4 is 33.7 Å². The summed E-state index contributed by atoms with van der Waals surface area (Å²) in [6.45, 7) is 2.29. The topological polar surface area (TPSA) is 42.0 Å². The summed E-state index contributed by atoms with van der Waals surface area (Å²) in [5.74, 6) is 0.749. The molecule has 21 heavy (non-hydrogen) atoms. The predicted octanol–water partition coefficient (Wildman–Crippen LogP) is 4.07. The van der Waals surface area contributed by atoms with Crippen LogP contribution in [0.3, 0.4) is 0 Å². The van der Waals surface area contributed by atoms with E-state index in [-0.39, 0.29) is 5.91 Å². The van der Waals surface area contributed by atoms with Crippen LogP contribution in [0.15, 0.2) is 6.07 Å². The number of nitrogens with one attached hydrogen (secondary N) is 1. The molecule has 0 saturated heterocycles. The molecule has 2 aliphatic carbocycles. The molecule has 0 spiro atoms. The van der Waals surface area contributed by atoms with Gasteiger partial charge in [0.2, 0.25) is 0 Å². The molecule has 4 rings (SSSR count). The summed E-state index contributed by atoms with van der Waals surface area (Å²) in [7, 11) is 0. The van der Waals surface area contributed by atoms with Gasteiger partial charge in [-0.2, -0.15) is 0 Å². The zero-order valence-electron chi connectivity index (χ0n) is 12.1. The minimum atomic E-state index is 0.00877. The Morgan fingerprint density at radius 3 is 3.05 bits per heavy atom. The van der Waals surface area contributed by atoms with Gasteiger partial charge in [-0.05, 0) is 56.1 Å². The number of thiazole rings is 1. The van der Waals surface area contributed by atoms with Crippen molar-refractivity contribution in [3.8, 4) is 0 Å². The standard InChI is InChI=1S/C16H18N2OS2/c1-9-5-6-12-10(7-9)8-14(20-12)15(19)18-16-17-11-3-2-4-13(11)21-16/h8-9H,2-7H2,1H3,(H,17,18,19). The summed E-state index contributed by atoms with van der Waals surface area (Å²) < 4.78 is 0. The second kappa shape index (κ2) is 5.21. The second-order valence-corrected chi connectivity index (χ2v) is 8.32. The van der Waals surface area contributed by atoms with Crippen molar-refractivity contribution in [2.45, 2.75) is 45.4 Å². The van der Waals surface area contributed by atoms with E-state index >= 15 is 0 Å². The number of carbonyl (C=O) groups excluding carboxylic acids is 1. The third-order valence-corrected chi connectivity index (χ3v) is 6.68. The van der Waals surface area contributed by atoms with Crippen LogP contribution in [0.2, 0.25) is 0 Å². The molecule has 0 aromatic carbocycles. The second-order valence-electron chi connectivity index (χ2n) is 6.10. The van der Waals surface area contributed by atoms with Crippen molar-refractivity contribution < 1.29 is 4.79 Å². The maximum atomic E-state index is 12.4. The number of thiophene rings is 1. The van der Waals surface area contributed by atoms with Crippen LogP contribution in [-0.4, -0.2) is 10.9 Å². The summed E-state index contributed by atoms with van der Waals surface area (Å²) in [5, 5.41) is 3.75. The average Bonchev–Trinajstić information content (AvgIpc) is 3.10. The number of hydrogen-bond donors (Lipinski definition) is 1. The van der Waals surface area contributed by atoms with Gasteiger partial charge < -0.3 is 0 Å². The first-order valence-electron chi connectivity index (χ1n) is 7.60. The highest BCUT2D eigenvalue weighted by atomic mass is 32.1. The molecule has 2 aliphatic rings. The molecule has 0 saturated carbocycles. The number of carbonyl (C=O) groups is 1. The summed E-state index contributed by atoms with van der Waals surface area (Å²) >= 11 is 3.30. The van der Waals surface area contributed by atoms with E-state index in [2.05, 4.69) is 23.3 Å². The fourth-order valence-electron chi connectivity index (χ4n) is 3.22. The Labute approximate surface area is 132 Å². The van der Waals surface area contributed by atoms with E-state index in [0.29, 0.717) is 0 Å². The zero-order chi connectivity index (χ0) is 14.4. The molecule has 110 valence electrons. The molecule has 5 heteroatoms. The minimum Gasteiger partial charge on any atom is -0.297 e. The first-order valence-corrected chi connectivity index (χ1v) is 9.24.